The molecule has 13 heavy (non-hydrogen) atoms. The van der Waals surface area contributed by atoms with Crippen LogP contribution in [0, 0.1) is 0 Å². The fraction of sp³-hybridized carbons (Fsp3) is 0.273. The molecule has 0 amide bonds. The van der Waals surface area contributed by atoms with Gasteiger partial charge in [0.25, 0.3) is 0 Å². The van der Waals surface area contributed by atoms with Crippen molar-refractivity contribution in [2.75, 3.05) is 6.54 Å². The number of aliphatic hydroxyl groups excluding tert-OH is 1. The summed E-state index contributed by atoms with van der Waals surface area (Å²) in [7, 11) is 0. The maximum Gasteiger partial charge on any atom is 0.120 e. The Kier molecular flexibility index (Phi) is 1.97. The molecule has 0 heterocycles. The summed E-state index contributed by atoms with van der Waals surface area (Å²) in [5, 5.41) is 12.8. The van der Waals surface area contributed by atoms with Crippen molar-refractivity contribution in [2.45, 2.75) is 13.3 Å². The molecule has 2 heteroatoms. The predicted octanol–water partition coefficient (Wildman–Crippen LogP) is 2.08. The minimum atomic E-state index is 0.461. The average molecular weight is 175 g/mol. The zero-order valence-corrected chi connectivity index (χ0v) is 7.67. The van der Waals surface area contributed by atoms with E-state index >= 15 is 0 Å². The molecule has 0 aromatic heterocycles. The molecule has 1 aliphatic rings. The molecule has 1 aliphatic carbocycles. The smallest absolute Gasteiger partial charge is 0.120 e. The van der Waals surface area contributed by atoms with Crippen molar-refractivity contribution in [1.82, 2.24) is 5.32 Å². The van der Waals surface area contributed by atoms with Gasteiger partial charge in [0, 0.05) is 18.5 Å². The third kappa shape index (κ3) is 1.28. The van der Waals surface area contributed by atoms with Gasteiger partial charge in [-0.2, -0.15) is 0 Å². The summed E-state index contributed by atoms with van der Waals surface area (Å²) in [4.78, 5) is 0. The molecule has 0 spiro atoms. The Morgan fingerprint density at radius 2 is 2.15 bits per heavy atom. The highest BCUT2D eigenvalue weighted by molar-refractivity contribution is 5.73. The van der Waals surface area contributed by atoms with Gasteiger partial charge in [0.15, 0.2) is 0 Å². The van der Waals surface area contributed by atoms with E-state index in [9.17, 15) is 5.11 Å². The fourth-order valence-corrected chi connectivity index (χ4v) is 1.72. The maximum absolute atomic E-state index is 9.66. The van der Waals surface area contributed by atoms with Crippen molar-refractivity contribution in [3.63, 3.8) is 0 Å². The van der Waals surface area contributed by atoms with Crippen LogP contribution in [0.25, 0.3) is 5.70 Å². The molecule has 0 atom stereocenters. The van der Waals surface area contributed by atoms with E-state index in [1.807, 2.05) is 25.1 Å². The number of allylic oxidation sites excluding steroid dienone is 1. The van der Waals surface area contributed by atoms with E-state index in [0.717, 1.165) is 17.8 Å². The first-order valence-corrected chi connectivity index (χ1v) is 4.57. The van der Waals surface area contributed by atoms with Crippen LogP contribution in [0.15, 0.2) is 30.0 Å². The van der Waals surface area contributed by atoms with Gasteiger partial charge in [0.05, 0.1) is 5.70 Å². The summed E-state index contributed by atoms with van der Waals surface area (Å²) < 4.78 is 0. The van der Waals surface area contributed by atoms with Crippen LogP contribution in [0.5, 0.6) is 0 Å². The number of nitrogens with one attached hydrogen (secondary N) is 1. The molecule has 0 radical (unpaired) electrons. The minimum Gasteiger partial charge on any atom is -0.510 e. The number of hydrogen-bond donors (Lipinski definition) is 2. The molecule has 2 nitrogen and oxygen atoms in total. The Balaban J connectivity index is 2.41. The second-order valence-electron chi connectivity index (χ2n) is 3.19. The quantitative estimate of drug-likeness (QED) is 0.721. The SMILES string of the molecule is CCNC1=C(O)Cc2ccccc21. The van der Waals surface area contributed by atoms with E-state index in [0.29, 0.717) is 12.2 Å². The van der Waals surface area contributed by atoms with Crippen molar-refractivity contribution < 1.29 is 5.11 Å². The van der Waals surface area contributed by atoms with Crippen molar-refractivity contribution in [1.29, 1.82) is 0 Å². The first kappa shape index (κ1) is 8.17. The highest BCUT2D eigenvalue weighted by Gasteiger charge is 2.19. The molecule has 68 valence electrons. The Morgan fingerprint density at radius 3 is 2.92 bits per heavy atom. The van der Waals surface area contributed by atoms with Crippen LogP contribution in [0.4, 0.5) is 0 Å². The van der Waals surface area contributed by atoms with Crippen LogP contribution < -0.4 is 5.32 Å². The van der Waals surface area contributed by atoms with Gasteiger partial charge in [-0.05, 0) is 12.5 Å². The number of rotatable bonds is 2. The van der Waals surface area contributed by atoms with Gasteiger partial charge < -0.3 is 10.4 Å². The van der Waals surface area contributed by atoms with E-state index in [-0.39, 0.29) is 0 Å². The monoisotopic (exact) mass is 175 g/mol. The van der Waals surface area contributed by atoms with Crippen LogP contribution in [-0.2, 0) is 6.42 Å². The van der Waals surface area contributed by atoms with Crippen LogP contribution in [0.2, 0.25) is 0 Å². The highest BCUT2D eigenvalue weighted by atomic mass is 16.3. The molecule has 0 saturated carbocycles. The van der Waals surface area contributed by atoms with Crippen LogP contribution >= 0.6 is 0 Å². The normalized spacial score (nSPS) is 14.5. The molecule has 1 aromatic carbocycles. The summed E-state index contributed by atoms with van der Waals surface area (Å²) in [5.74, 6) is 0.461. The molecule has 0 unspecified atom stereocenters. The molecule has 2 rings (SSSR count). The zero-order chi connectivity index (χ0) is 9.26. The average Bonchev–Trinajstić information content (AvgIpc) is 2.44. The van der Waals surface area contributed by atoms with Crippen molar-refractivity contribution >= 4 is 5.70 Å². The third-order valence-electron chi connectivity index (χ3n) is 2.29. The van der Waals surface area contributed by atoms with E-state index in [2.05, 4.69) is 11.4 Å². The second kappa shape index (κ2) is 3.13. The summed E-state index contributed by atoms with van der Waals surface area (Å²) >= 11 is 0. The van der Waals surface area contributed by atoms with Gasteiger partial charge in [-0.1, -0.05) is 24.3 Å². The first-order chi connectivity index (χ1) is 6.33. The molecule has 0 fully saturated rings. The largest absolute Gasteiger partial charge is 0.510 e. The third-order valence-corrected chi connectivity index (χ3v) is 2.29. The molecular weight excluding hydrogens is 162 g/mol. The molecule has 0 saturated heterocycles. The van der Waals surface area contributed by atoms with Gasteiger partial charge in [0.2, 0.25) is 0 Å². The lowest BCUT2D eigenvalue weighted by molar-refractivity contribution is 0.403. The lowest BCUT2D eigenvalue weighted by Gasteiger charge is -2.06. The Labute approximate surface area is 77.9 Å². The van der Waals surface area contributed by atoms with Crippen molar-refractivity contribution in [2.24, 2.45) is 0 Å². The lowest BCUT2D eigenvalue weighted by Crippen LogP contribution is -2.11. The molecular formula is C11H13NO. The summed E-state index contributed by atoms with van der Waals surface area (Å²) in [6.45, 7) is 2.87. The van der Waals surface area contributed by atoms with Gasteiger partial charge in [-0.15, -0.1) is 0 Å². The van der Waals surface area contributed by atoms with E-state index in [1.165, 1.54) is 5.56 Å². The van der Waals surface area contributed by atoms with Gasteiger partial charge in [-0.25, -0.2) is 0 Å². The van der Waals surface area contributed by atoms with Gasteiger partial charge in [-0.3, -0.25) is 0 Å². The van der Waals surface area contributed by atoms with Crippen molar-refractivity contribution in [3.8, 4) is 0 Å². The number of aliphatic hydroxyl groups is 1. The molecule has 2 N–H and O–H groups in total. The zero-order valence-electron chi connectivity index (χ0n) is 7.67. The van der Waals surface area contributed by atoms with Crippen LogP contribution in [-0.4, -0.2) is 11.7 Å². The van der Waals surface area contributed by atoms with E-state index in [4.69, 9.17) is 0 Å². The number of fused-ring (bicyclic) bond motifs is 1. The van der Waals surface area contributed by atoms with E-state index in [1.54, 1.807) is 0 Å². The standard InChI is InChI=1S/C11H13NO/c1-2-12-11-9-6-4-3-5-8(9)7-10(11)13/h3-6,12-13H,2,7H2,1H3. The Bertz CT molecular complexity index is 355. The highest BCUT2D eigenvalue weighted by Crippen LogP contribution is 2.28. The van der Waals surface area contributed by atoms with Crippen molar-refractivity contribution in [3.05, 3.63) is 41.2 Å². The molecule has 0 bridgehead atoms. The summed E-state index contributed by atoms with van der Waals surface area (Å²) in [6, 6.07) is 8.09. The Hall–Kier alpha value is -1.44. The number of hydrogen-bond acceptors (Lipinski definition) is 2. The topological polar surface area (TPSA) is 32.3 Å². The first-order valence-electron chi connectivity index (χ1n) is 4.57. The molecule has 0 aliphatic heterocycles. The number of benzene rings is 1. The minimum absolute atomic E-state index is 0.461. The van der Waals surface area contributed by atoms with E-state index < -0.39 is 0 Å². The van der Waals surface area contributed by atoms with Gasteiger partial charge in [0.1, 0.15) is 5.76 Å². The predicted molar refractivity (Wildman–Crippen MR) is 53.4 cm³/mol. The summed E-state index contributed by atoms with van der Waals surface area (Å²) in [6.07, 6.45) is 0.665. The lowest BCUT2D eigenvalue weighted by atomic mass is 10.1. The van der Waals surface area contributed by atoms with Crippen LogP contribution in [0.3, 0.4) is 0 Å². The summed E-state index contributed by atoms with van der Waals surface area (Å²) in [5.41, 5.74) is 3.25. The molecule has 1 aromatic rings. The second-order valence-corrected chi connectivity index (χ2v) is 3.19. The van der Waals surface area contributed by atoms with Crippen LogP contribution in [0.1, 0.15) is 18.1 Å². The van der Waals surface area contributed by atoms with Gasteiger partial charge >= 0.3 is 0 Å². The fourth-order valence-electron chi connectivity index (χ4n) is 1.72. The maximum atomic E-state index is 9.66. The Morgan fingerprint density at radius 1 is 1.38 bits per heavy atom.